The predicted octanol–water partition coefficient (Wildman–Crippen LogP) is 5.50. The topological polar surface area (TPSA) is 80.3 Å². The van der Waals surface area contributed by atoms with Crippen molar-refractivity contribution >= 4 is 91.8 Å². The Morgan fingerprint density at radius 2 is 0.889 bits per heavy atom. The van der Waals surface area contributed by atoms with Gasteiger partial charge in [-0.05, 0) is 34.3 Å². The van der Waals surface area contributed by atoms with Gasteiger partial charge in [0.15, 0.2) is 0 Å². The second kappa shape index (κ2) is 12.0. The summed E-state index contributed by atoms with van der Waals surface area (Å²) in [6.07, 6.45) is 0. The Hall–Kier alpha value is 1.02. The summed E-state index contributed by atoms with van der Waals surface area (Å²) in [6.45, 7) is 0. The van der Waals surface area contributed by atoms with Crippen LogP contribution in [0.25, 0.3) is 0 Å². The second-order valence-electron chi connectivity index (χ2n) is 4.46. The van der Waals surface area contributed by atoms with E-state index in [0.717, 1.165) is 0 Å². The summed E-state index contributed by atoms with van der Waals surface area (Å²) in [4.78, 5) is 0.00463. The summed E-state index contributed by atoms with van der Waals surface area (Å²) in [6, 6.07) is 12.0. The standard InChI is InChI=1S/2C7H5Cl3O2S.Zn/c2*8-7(9,10)5-3-1-2-4-6(5)13(11)12;/h2*1-4H,(H,11,12);/q;;+2/p-2. The van der Waals surface area contributed by atoms with Crippen molar-refractivity contribution in [3.63, 3.8) is 0 Å². The van der Waals surface area contributed by atoms with Gasteiger partial charge in [-0.2, -0.15) is 0 Å². The van der Waals surface area contributed by atoms with Crippen LogP contribution in [0.4, 0.5) is 0 Å². The quantitative estimate of drug-likeness (QED) is 0.266. The molecule has 2 unspecified atom stereocenters. The van der Waals surface area contributed by atoms with E-state index in [0.29, 0.717) is 0 Å². The van der Waals surface area contributed by atoms with Crippen molar-refractivity contribution in [2.75, 3.05) is 0 Å². The first-order valence-corrected chi connectivity index (χ1v) is 10.8. The number of rotatable bonds is 2. The zero-order chi connectivity index (χ0) is 20.1. The third-order valence-corrected chi connectivity index (χ3v) is 5.40. The molecule has 0 fully saturated rings. The Balaban J connectivity index is 0.000000483. The summed E-state index contributed by atoms with van der Waals surface area (Å²) < 4.78 is 39.3. The summed E-state index contributed by atoms with van der Waals surface area (Å²) in [5.41, 5.74) is 0.321. The number of hydrogen-bond donors (Lipinski definition) is 0. The van der Waals surface area contributed by atoms with Gasteiger partial charge in [0, 0.05) is 20.9 Å². The van der Waals surface area contributed by atoms with Crippen molar-refractivity contribution in [2.24, 2.45) is 0 Å². The Morgan fingerprint density at radius 1 is 0.630 bits per heavy atom. The van der Waals surface area contributed by atoms with Gasteiger partial charge in [0.25, 0.3) is 0 Å². The average molecular weight is 582 g/mol. The molecule has 0 radical (unpaired) electrons. The number of halogens is 6. The molecule has 0 saturated carbocycles. The van der Waals surface area contributed by atoms with Crippen LogP contribution < -0.4 is 0 Å². The molecule has 4 nitrogen and oxygen atoms in total. The van der Waals surface area contributed by atoms with E-state index in [2.05, 4.69) is 0 Å². The molecule has 144 valence electrons. The molecule has 0 aliphatic carbocycles. The number of alkyl halides is 6. The first-order valence-electron chi connectivity index (χ1n) is 6.36. The van der Waals surface area contributed by atoms with Crippen molar-refractivity contribution in [1.82, 2.24) is 0 Å². The Kier molecular flexibility index (Phi) is 12.5. The van der Waals surface area contributed by atoms with Gasteiger partial charge in [-0.25, -0.2) is 0 Å². The van der Waals surface area contributed by atoms with Gasteiger partial charge < -0.3 is 9.11 Å². The van der Waals surface area contributed by atoms with E-state index in [-0.39, 0.29) is 40.4 Å². The van der Waals surface area contributed by atoms with Crippen LogP contribution in [0.3, 0.4) is 0 Å². The molecule has 0 saturated heterocycles. The molecule has 0 heterocycles. The van der Waals surface area contributed by atoms with Crippen LogP contribution in [0, 0.1) is 0 Å². The molecule has 0 bridgehead atoms. The van der Waals surface area contributed by atoms with E-state index in [1.54, 1.807) is 24.3 Å². The minimum Gasteiger partial charge on any atom is -0.768 e. The van der Waals surface area contributed by atoms with Crippen LogP contribution in [0.5, 0.6) is 0 Å². The van der Waals surface area contributed by atoms with Crippen molar-refractivity contribution in [1.29, 1.82) is 0 Å². The number of hydrogen-bond acceptors (Lipinski definition) is 4. The Labute approximate surface area is 204 Å². The molecule has 0 aliphatic heterocycles. The summed E-state index contributed by atoms with van der Waals surface area (Å²) in [7, 11) is 0. The van der Waals surface area contributed by atoms with E-state index in [4.69, 9.17) is 69.6 Å². The molecule has 2 aromatic carbocycles. The van der Waals surface area contributed by atoms with Crippen molar-refractivity contribution < 1.29 is 37.0 Å². The molecule has 0 aliphatic rings. The van der Waals surface area contributed by atoms with Crippen LogP contribution in [-0.2, 0) is 49.2 Å². The third-order valence-electron chi connectivity index (χ3n) is 2.74. The smallest absolute Gasteiger partial charge is 0.768 e. The van der Waals surface area contributed by atoms with Gasteiger partial charge in [0.05, 0.1) is 0 Å². The fourth-order valence-corrected chi connectivity index (χ4v) is 4.20. The first kappa shape index (κ1) is 28.0. The van der Waals surface area contributed by atoms with E-state index in [1.807, 2.05) is 0 Å². The SMILES string of the molecule is O=S([O-])c1ccccc1C(Cl)(Cl)Cl.O=S([O-])c1ccccc1C(Cl)(Cl)Cl.[Zn+2]. The molecule has 13 heteroatoms. The number of benzene rings is 2. The fourth-order valence-electron chi connectivity index (χ4n) is 1.69. The maximum Gasteiger partial charge on any atom is 2.00 e. The molecule has 0 spiro atoms. The van der Waals surface area contributed by atoms with Crippen molar-refractivity contribution in [2.45, 2.75) is 17.4 Å². The predicted molar refractivity (Wildman–Crippen MR) is 106 cm³/mol. The Morgan fingerprint density at radius 3 is 1.07 bits per heavy atom. The second-order valence-corrected chi connectivity index (χ2v) is 10.8. The van der Waals surface area contributed by atoms with Crippen LogP contribution in [0.2, 0.25) is 0 Å². The van der Waals surface area contributed by atoms with E-state index in [1.165, 1.54) is 24.3 Å². The van der Waals surface area contributed by atoms with Gasteiger partial charge in [0.2, 0.25) is 7.59 Å². The first-order chi connectivity index (χ1) is 11.9. The Bertz CT molecular complexity index is 743. The normalized spacial score (nSPS) is 13.6. The minimum atomic E-state index is -2.39. The zero-order valence-electron chi connectivity index (χ0n) is 13.0. The van der Waals surface area contributed by atoms with Crippen molar-refractivity contribution in [3.05, 3.63) is 59.7 Å². The molecular formula is C14H8Cl6O4S2Zn. The van der Waals surface area contributed by atoms with Crippen LogP contribution in [-0.4, -0.2) is 17.5 Å². The minimum absolute atomic E-state index is 0. The van der Waals surface area contributed by atoms with E-state index in [9.17, 15) is 17.5 Å². The average Bonchev–Trinajstić information content (AvgIpc) is 2.54. The van der Waals surface area contributed by atoms with Gasteiger partial charge in [-0.3, -0.25) is 8.42 Å². The molecule has 0 amide bonds. The van der Waals surface area contributed by atoms with Gasteiger partial charge >= 0.3 is 19.5 Å². The summed E-state index contributed by atoms with van der Waals surface area (Å²) in [5.74, 6) is 0. The van der Waals surface area contributed by atoms with Gasteiger partial charge in [0.1, 0.15) is 0 Å². The third kappa shape index (κ3) is 9.14. The maximum atomic E-state index is 10.7. The monoisotopic (exact) mass is 578 g/mol. The summed E-state index contributed by atoms with van der Waals surface area (Å²) in [5, 5.41) is 0. The molecule has 2 aromatic rings. The molecule has 0 N–H and O–H groups in total. The zero-order valence-corrected chi connectivity index (χ0v) is 22.2. The molecule has 27 heavy (non-hydrogen) atoms. The molecule has 0 aromatic heterocycles. The van der Waals surface area contributed by atoms with Crippen molar-refractivity contribution in [3.8, 4) is 0 Å². The maximum absolute atomic E-state index is 10.7. The van der Waals surface area contributed by atoms with Crippen LogP contribution in [0.15, 0.2) is 58.3 Å². The van der Waals surface area contributed by atoms with Gasteiger partial charge in [-0.15, -0.1) is 0 Å². The van der Waals surface area contributed by atoms with E-state index >= 15 is 0 Å². The van der Waals surface area contributed by atoms with Crippen LogP contribution in [0.1, 0.15) is 11.1 Å². The fraction of sp³-hybridized carbons (Fsp3) is 0.143. The molecule has 2 rings (SSSR count). The van der Waals surface area contributed by atoms with E-state index < -0.39 is 29.7 Å². The molecule has 2 atom stereocenters. The largest absolute Gasteiger partial charge is 2.00 e. The van der Waals surface area contributed by atoms with Gasteiger partial charge in [-0.1, -0.05) is 106 Å². The summed E-state index contributed by atoms with van der Waals surface area (Å²) >= 11 is 28.6. The van der Waals surface area contributed by atoms with Crippen LogP contribution >= 0.6 is 69.6 Å². The molecular weight excluding hydrogens is 574 g/mol.